The smallest absolute Gasteiger partial charge is 0.336 e. The van der Waals surface area contributed by atoms with Crippen LogP contribution in [0.1, 0.15) is 36.0 Å². The van der Waals surface area contributed by atoms with Gasteiger partial charge in [-0.2, -0.15) is 0 Å². The molecule has 0 aromatic heterocycles. The molecule has 1 aromatic carbocycles. The average Bonchev–Trinajstić information content (AvgIpc) is 3.00. The van der Waals surface area contributed by atoms with Gasteiger partial charge in [-0.3, -0.25) is 0 Å². The highest BCUT2D eigenvalue weighted by Gasteiger charge is 2.39. The molecule has 0 saturated heterocycles. The molecule has 2 bridgehead atoms. The van der Waals surface area contributed by atoms with Gasteiger partial charge < -0.3 is 10.0 Å². The summed E-state index contributed by atoms with van der Waals surface area (Å²) in [6.07, 6.45) is 5.65. The minimum atomic E-state index is -0.890. The van der Waals surface area contributed by atoms with E-state index in [4.69, 9.17) is 5.11 Å². The van der Waals surface area contributed by atoms with Gasteiger partial charge in [0.25, 0.3) is 0 Å². The highest BCUT2D eigenvalue weighted by molar-refractivity contribution is 9.10. The van der Waals surface area contributed by atoms with Gasteiger partial charge in [-0.15, -0.1) is 0 Å². The quantitative estimate of drug-likeness (QED) is 0.901. The van der Waals surface area contributed by atoms with Crippen molar-refractivity contribution in [3.05, 3.63) is 28.2 Å². The van der Waals surface area contributed by atoms with Gasteiger partial charge >= 0.3 is 5.97 Å². The lowest BCUT2D eigenvalue weighted by Gasteiger charge is -2.28. The molecule has 3 atom stereocenters. The van der Waals surface area contributed by atoms with Crippen LogP contribution in [-0.2, 0) is 0 Å². The van der Waals surface area contributed by atoms with Crippen LogP contribution < -0.4 is 4.90 Å². The van der Waals surface area contributed by atoms with Crippen molar-refractivity contribution in [3.63, 3.8) is 0 Å². The van der Waals surface area contributed by atoms with Crippen molar-refractivity contribution in [1.82, 2.24) is 0 Å². The molecule has 2 saturated carbocycles. The van der Waals surface area contributed by atoms with E-state index < -0.39 is 5.97 Å². The minimum Gasteiger partial charge on any atom is -0.478 e. The molecule has 3 rings (SSSR count). The number of nitrogens with zero attached hydrogens (tertiary/aromatic N) is 1. The van der Waals surface area contributed by atoms with Gasteiger partial charge in [0.15, 0.2) is 0 Å². The Morgan fingerprint density at radius 1 is 1.40 bits per heavy atom. The molecular formula is C16H20BrNO2. The topological polar surface area (TPSA) is 40.5 Å². The summed E-state index contributed by atoms with van der Waals surface area (Å²) in [5.41, 5.74) is 1.41. The van der Waals surface area contributed by atoms with E-state index in [2.05, 4.69) is 27.9 Å². The zero-order chi connectivity index (χ0) is 14.3. The second-order valence-electron chi connectivity index (χ2n) is 6.28. The molecule has 2 fully saturated rings. The number of rotatable bonds is 4. The van der Waals surface area contributed by atoms with Crippen LogP contribution >= 0.6 is 15.9 Å². The van der Waals surface area contributed by atoms with Gasteiger partial charge in [0.2, 0.25) is 0 Å². The normalized spacial score (nSPS) is 27.8. The molecule has 4 heteroatoms. The maximum Gasteiger partial charge on any atom is 0.336 e. The maximum absolute atomic E-state index is 11.0. The van der Waals surface area contributed by atoms with Gasteiger partial charge in [0.1, 0.15) is 0 Å². The largest absolute Gasteiger partial charge is 0.478 e. The summed E-state index contributed by atoms with van der Waals surface area (Å²) in [6.45, 7) is 1.08. The molecule has 108 valence electrons. The second kappa shape index (κ2) is 5.40. The van der Waals surface area contributed by atoms with Crippen LogP contribution in [0.2, 0.25) is 0 Å². The first-order valence-corrected chi connectivity index (χ1v) is 8.08. The zero-order valence-electron chi connectivity index (χ0n) is 11.7. The van der Waals surface area contributed by atoms with Crippen molar-refractivity contribution in [1.29, 1.82) is 0 Å². The Morgan fingerprint density at radius 2 is 2.20 bits per heavy atom. The van der Waals surface area contributed by atoms with Crippen LogP contribution in [0.25, 0.3) is 0 Å². The Morgan fingerprint density at radius 3 is 2.75 bits per heavy atom. The first-order chi connectivity index (χ1) is 9.54. The first kappa shape index (κ1) is 13.9. The SMILES string of the molecule is CN(CC1CC2CCC1C2)c1ccc(C(=O)O)c(Br)c1. The van der Waals surface area contributed by atoms with Gasteiger partial charge in [-0.25, -0.2) is 4.79 Å². The van der Waals surface area contributed by atoms with Crippen LogP contribution in [0.3, 0.4) is 0 Å². The van der Waals surface area contributed by atoms with E-state index in [1.54, 1.807) is 6.07 Å². The number of hydrogen-bond donors (Lipinski definition) is 1. The molecule has 20 heavy (non-hydrogen) atoms. The lowest BCUT2D eigenvalue weighted by atomic mass is 9.88. The molecule has 1 aromatic rings. The van der Waals surface area contributed by atoms with Crippen LogP contribution in [0.4, 0.5) is 5.69 Å². The Kier molecular flexibility index (Phi) is 3.76. The number of anilines is 1. The average molecular weight is 338 g/mol. The summed E-state index contributed by atoms with van der Waals surface area (Å²) in [7, 11) is 2.11. The molecule has 1 N–H and O–H groups in total. The molecule has 0 aliphatic heterocycles. The number of fused-ring (bicyclic) bond motifs is 2. The van der Waals surface area contributed by atoms with Crippen LogP contribution in [-0.4, -0.2) is 24.7 Å². The summed E-state index contributed by atoms with van der Waals surface area (Å²) in [6, 6.07) is 5.50. The van der Waals surface area contributed by atoms with Crippen LogP contribution in [0.5, 0.6) is 0 Å². The maximum atomic E-state index is 11.0. The molecule has 3 nitrogen and oxygen atoms in total. The lowest BCUT2D eigenvalue weighted by molar-refractivity contribution is 0.0696. The molecule has 0 amide bonds. The monoisotopic (exact) mass is 337 g/mol. The predicted molar refractivity (Wildman–Crippen MR) is 83.3 cm³/mol. The van der Waals surface area contributed by atoms with Gasteiger partial charge in [-0.05, 0) is 71.1 Å². The number of aromatic carboxylic acids is 1. The van der Waals surface area contributed by atoms with Gasteiger partial charge in [0.05, 0.1) is 5.56 Å². The molecule has 3 unspecified atom stereocenters. The fourth-order valence-corrected chi connectivity index (χ4v) is 4.51. The van der Waals surface area contributed by atoms with E-state index in [1.807, 2.05) is 12.1 Å². The van der Waals surface area contributed by atoms with E-state index in [9.17, 15) is 4.79 Å². The number of carboxylic acids is 1. The zero-order valence-corrected chi connectivity index (χ0v) is 13.3. The van der Waals surface area contributed by atoms with E-state index in [0.717, 1.165) is 30.0 Å². The summed E-state index contributed by atoms with van der Waals surface area (Å²) in [4.78, 5) is 13.3. The third-order valence-corrected chi connectivity index (χ3v) is 5.67. The van der Waals surface area contributed by atoms with E-state index in [1.165, 1.54) is 25.7 Å². The third kappa shape index (κ3) is 2.58. The molecule has 0 spiro atoms. The second-order valence-corrected chi connectivity index (χ2v) is 7.14. The summed E-state index contributed by atoms with van der Waals surface area (Å²) >= 11 is 3.35. The standard InChI is InChI=1S/C16H20BrNO2/c1-18(9-12-7-10-2-3-11(12)6-10)13-4-5-14(16(19)20)15(17)8-13/h4-5,8,10-12H,2-3,6-7,9H2,1H3,(H,19,20). The molecular weight excluding hydrogens is 318 g/mol. The van der Waals surface area contributed by atoms with Crippen molar-refractivity contribution < 1.29 is 9.90 Å². The minimum absolute atomic E-state index is 0.321. The van der Waals surface area contributed by atoms with Crippen LogP contribution in [0, 0.1) is 17.8 Å². The molecule has 0 heterocycles. The highest BCUT2D eigenvalue weighted by Crippen LogP contribution is 2.48. The Hall–Kier alpha value is -1.03. The van der Waals surface area contributed by atoms with Crippen molar-refractivity contribution in [3.8, 4) is 0 Å². The van der Waals surface area contributed by atoms with E-state index in [-0.39, 0.29) is 0 Å². The molecule has 0 radical (unpaired) electrons. The van der Waals surface area contributed by atoms with Crippen molar-refractivity contribution in [2.45, 2.75) is 25.7 Å². The van der Waals surface area contributed by atoms with Crippen molar-refractivity contribution in [2.24, 2.45) is 17.8 Å². The predicted octanol–water partition coefficient (Wildman–Crippen LogP) is 4.02. The van der Waals surface area contributed by atoms with Crippen LogP contribution in [0.15, 0.2) is 22.7 Å². The van der Waals surface area contributed by atoms with Crippen molar-refractivity contribution >= 4 is 27.6 Å². The third-order valence-electron chi connectivity index (χ3n) is 5.02. The summed E-state index contributed by atoms with van der Waals surface area (Å²) < 4.78 is 0.655. The van der Waals surface area contributed by atoms with Gasteiger partial charge in [0, 0.05) is 23.8 Å². The van der Waals surface area contributed by atoms with E-state index in [0.29, 0.717) is 10.0 Å². The Labute approximate surface area is 128 Å². The molecule has 2 aliphatic rings. The van der Waals surface area contributed by atoms with E-state index >= 15 is 0 Å². The fraction of sp³-hybridized carbons (Fsp3) is 0.562. The number of carbonyl (C=O) groups is 1. The summed E-state index contributed by atoms with van der Waals surface area (Å²) in [5, 5.41) is 9.05. The number of benzene rings is 1. The molecule has 2 aliphatic carbocycles. The van der Waals surface area contributed by atoms with Crippen molar-refractivity contribution in [2.75, 3.05) is 18.5 Å². The first-order valence-electron chi connectivity index (χ1n) is 7.28. The van der Waals surface area contributed by atoms with Gasteiger partial charge in [-0.1, -0.05) is 6.42 Å². The number of halogens is 1. The number of carboxylic acid groups (broad SMARTS) is 1. The summed E-state index contributed by atoms with van der Waals surface area (Å²) in [5.74, 6) is 1.82. The Balaban J connectivity index is 1.69. The Bertz CT molecular complexity index is 531. The lowest BCUT2D eigenvalue weighted by Crippen LogP contribution is -2.28. The number of hydrogen-bond acceptors (Lipinski definition) is 2. The highest BCUT2D eigenvalue weighted by atomic mass is 79.9. The fourth-order valence-electron chi connectivity index (χ4n) is 3.97.